The zero-order chi connectivity index (χ0) is 38.5. The summed E-state index contributed by atoms with van der Waals surface area (Å²) in [5, 5.41) is 9.60. The van der Waals surface area contributed by atoms with Gasteiger partial charge in [-0.25, -0.2) is 4.79 Å². The van der Waals surface area contributed by atoms with Crippen molar-refractivity contribution >= 4 is 17.9 Å². The Labute approximate surface area is 319 Å². The zero-order valence-electron chi connectivity index (χ0n) is 34.3. The van der Waals surface area contributed by atoms with E-state index in [1.165, 1.54) is 70.6 Å². The van der Waals surface area contributed by atoms with Gasteiger partial charge in [0.15, 0.2) is 12.1 Å². The second-order valence-electron chi connectivity index (χ2n) is 15.2. The Balaban J connectivity index is 4.40. The summed E-state index contributed by atoms with van der Waals surface area (Å²) in [5.74, 6) is -1.50. The minimum absolute atomic E-state index is 0.0539. The lowest BCUT2D eigenvalue weighted by Gasteiger charge is -2.31. The van der Waals surface area contributed by atoms with Crippen LogP contribution in [0.3, 0.4) is 0 Å². The maximum Gasteiger partial charge on any atom is 0.362 e. The maximum absolute atomic E-state index is 12.7. The standard InChI is InChI=1S/C44H79NO7/c1-6-8-10-12-14-16-18-20-22-24-26-28-30-32-34-42(46)51-39-40(38-50-37-36-41(44(48)49)45(3,4)5)52-43(47)35-33-31-29-27-25-23-21-19-17-15-13-11-9-7-2/h9,11,15,17,22,24,40-41H,6-8,10,12-14,16,18-21,23,25-39H2,1-5H3/p+1/b11-9+,17-15+,24-22+. The summed E-state index contributed by atoms with van der Waals surface area (Å²) < 4.78 is 17.2. The first-order valence-corrected chi connectivity index (χ1v) is 21.0. The highest BCUT2D eigenvalue weighted by atomic mass is 16.6. The van der Waals surface area contributed by atoms with Crippen molar-refractivity contribution in [1.82, 2.24) is 0 Å². The van der Waals surface area contributed by atoms with E-state index in [1.54, 1.807) is 0 Å². The first-order chi connectivity index (χ1) is 25.1. The van der Waals surface area contributed by atoms with Crippen molar-refractivity contribution in [3.05, 3.63) is 36.5 Å². The number of aliphatic carboxylic acids is 1. The molecular weight excluding hydrogens is 654 g/mol. The number of likely N-dealkylation sites (N-methyl/N-ethyl adjacent to an activating group) is 1. The summed E-state index contributed by atoms with van der Waals surface area (Å²) in [6, 6.07) is -0.616. The Morgan fingerprint density at radius 3 is 1.62 bits per heavy atom. The molecule has 0 bridgehead atoms. The van der Waals surface area contributed by atoms with Crippen molar-refractivity contribution < 1.29 is 38.2 Å². The molecule has 302 valence electrons. The number of nitrogens with zero attached hydrogens (tertiary/aromatic N) is 1. The van der Waals surface area contributed by atoms with Crippen molar-refractivity contribution in [3.63, 3.8) is 0 Å². The molecule has 0 aliphatic rings. The predicted molar refractivity (Wildman–Crippen MR) is 215 cm³/mol. The normalized spacial score (nSPS) is 13.3. The lowest BCUT2D eigenvalue weighted by atomic mass is 10.1. The van der Waals surface area contributed by atoms with Gasteiger partial charge >= 0.3 is 17.9 Å². The van der Waals surface area contributed by atoms with E-state index in [4.69, 9.17) is 14.2 Å². The van der Waals surface area contributed by atoms with Crippen molar-refractivity contribution in [1.29, 1.82) is 0 Å². The van der Waals surface area contributed by atoms with Crippen LogP contribution in [0.1, 0.15) is 174 Å². The second-order valence-corrected chi connectivity index (χ2v) is 15.2. The Kier molecular flexibility index (Phi) is 33.9. The number of rotatable bonds is 37. The molecule has 0 amide bonds. The summed E-state index contributed by atoms with van der Waals surface area (Å²) in [6.45, 7) is 4.60. The topological polar surface area (TPSA) is 99.1 Å². The van der Waals surface area contributed by atoms with Crippen molar-refractivity contribution in [2.45, 2.75) is 187 Å². The molecule has 0 spiro atoms. The first kappa shape index (κ1) is 49.6. The predicted octanol–water partition coefficient (Wildman–Crippen LogP) is 11.1. The average molecular weight is 735 g/mol. The van der Waals surface area contributed by atoms with Crippen LogP contribution >= 0.6 is 0 Å². The molecule has 0 heterocycles. The number of quaternary nitrogens is 1. The monoisotopic (exact) mass is 735 g/mol. The van der Waals surface area contributed by atoms with Crippen LogP contribution in [0.5, 0.6) is 0 Å². The molecule has 0 rings (SSSR count). The highest BCUT2D eigenvalue weighted by Gasteiger charge is 2.31. The number of carbonyl (C=O) groups is 3. The molecule has 0 saturated heterocycles. The summed E-state index contributed by atoms with van der Waals surface area (Å²) >= 11 is 0. The Morgan fingerprint density at radius 1 is 0.596 bits per heavy atom. The van der Waals surface area contributed by atoms with E-state index in [-0.39, 0.29) is 36.2 Å². The van der Waals surface area contributed by atoms with E-state index in [0.717, 1.165) is 70.6 Å². The largest absolute Gasteiger partial charge is 0.477 e. The number of hydrogen-bond acceptors (Lipinski definition) is 6. The van der Waals surface area contributed by atoms with Gasteiger partial charge in [-0.2, -0.15) is 0 Å². The summed E-state index contributed by atoms with van der Waals surface area (Å²) in [6.07, 6.45) is 39.0. The first-order valence-electron chi connectivity index (χ1n) is 21.0. The molecule has 0 radical (unpaired) electrons. The van der Waals surface area contributed by atoms with Crippen molar-refractivity contribution in [2.75, 3.05) is 41.0 Å². The van der Waals surface area contributed by atoms with Crippen LogP contribution in [-0.2, 0) is 28.6 Å². The molecule has 0 aliphatic heterocycles. The third-order valence-corrected chi connectivity index (χ3v) is 9.27. The van der Waals surface area contributed by atoms with E-state index in [0.29, 0.717) is 19.3 Å². The van der Waals surface area contributed by atoms with Crippen LogP contribution in [0.15, 0.2) is 36.5 Å². The molecule has 52 heavy (non-hydrogen) atoms. The number of carboxylic acids is 1. The smallest absolute Gasteiger partial charge is 0.362 e. The SMILES string of the molecule is CC/C=C/C/C=C/CCCCCCCCCC(=O)OC(COCCC(C(=O)O)[N+](C)(C)C)COC(=O)CCCCC/C=C/CCCCCCCCC. The Bertz CT molecular complexity index is 953. The van der Waals surface area contributed by atoms with Gasteiger partial charge in [-0.15, -0.1) is 0 Å². The number of ether oxygens (including phenoxy) is 3. The molecule has 0 aliphatic carbocycles. The second kappa shape index (κ2) is 35.6. The lowest BCUT2D eigenvalue weighted by molar-refractivity contribution is -0.887. The molecule has 8 nitrogen and oxygen atoms in total. The van der Waals surface area contributed by atoms with E-state index in [1.807, 2.05) is 21.1 Å². The quantitative estimate of drug-likeness (QED) is 0.0293. The fourth-order valence-electron chi connectivity index (χ4n) is 6.01. The molecule has 0 aromatic rings. The van der Waals surface area contributed by atoms with Crippen LogP contribution in [0, 0.1) is 0 Å². The van der Waals surface area contributed by atoms with Crippen molar-refractivity contribution in [3.8, 4) is 0 Å². The van der Waals surface area contributed by atoms with Gasteiger partial charge in [-0.05, 0) is 64.2 Å². The average Bonchev–Trinajstić information content (AvgIpc) is 3.09. The van der Waals surface area contributed by atoms with Gasteiger partial charge in [0.1, 0.15) is 6.61 Å². The minimum atomic E-state index is -0.879. The molecule has 8 heteroatoms. The molecular formula is C44H80NO7+. The molecule has 2 unspecified atom stereocenters. The van der Waals surface area contributed by atoms with Gasteiger partial charge in [0.25, 0.3) is 0 Å². The van der Waals surface area contributed by atoms with E-state index >= 15 is 0 Å². The van der Waals surface area contributed by atoms with Gasteiger partial charge in [0, 0.05) is 19.3 Å². The van der Waals surface area contributed by atoms with Gasteiger partial charge in [0.2, 0.25) is 0 Å². The third-order valence-electron chi connectivity index (χ3n) is 9.27. The van der Waals surface area contributed by atoms with E-state index < -0.39 is 18.1 Å². The Hall–Kier alpha value is -2.45. The van der Waals surface area contributed by atoms with Crippen LogP contribution in [0.25, 0.3) is 0 Å². The minimum Gasteiger partial charge on any atom is -0.477 e. The van der Waals surface area contributed by atoms with E-state index in [9.17, 15) is 19.5 Å². The fourth-order valence-corrected chi connectivity index (χ4v) is 6.01. The number of carboxylic acid groups (broad SMARTS) is 1. The number of esters is 2. The summed E-state index contributed by atoms with van der Waals surface area (Å²) in [7, 11) is 5.51. The molecule has 0 fully saturated rings. The van der Waals surface area contributed by atoms with Crippen LogP contribution in [0.4, 0.5) is 0 Å². The molecule has 1 N–H and O–H groups in total. The van der Waals surface area contributed by atoms with Crippen LogP contribution < -0.4 is 0 Å². The fraction of sp³-hybridized carbons (Fsp3) is 0.795. The maximum atomic E-state index is 12.7. The van der Waals surface area contributed by atoms with E-state index in [2.05, 4.69) is 50.3 Å². The van der Waals surface area contributed by atoms with Crippen LogP contribution in [0.2, 0.25) is 0 Å². The van der Waals surface area contributed by atoms with Crippen LogP contribution in [-0.4, -0.2) is 80.6 Å². The number of unbranched alkanes of at least 4 members (excludes halogenated alkanes) is 17. The summed E-state index contributed by atoms with van der Waals surface area (Å²) in [4.78, 5) is 36.9. The van der Waals surface area contributed by atoms with Gasteiger partial charge in [0.05, 0.1) is 34.4 Å². The number of hydrogen-bond donors (Lipinski definition) is 1. The zero-order valence-corrected chi connectivity index (χ0v) is 34.3. The number of allylic oxidation sites excluding steroid dienone is 6. The van der Waals surface area contributed by atoms with Crippen molar-refractivity contribution in [2.24, 2.45) is 0 Å². The highest BCUT2D eigenvalue weighted by molar-refractivity contribution is 5.72. The number of carbonyl (C=O) groups excluding carboxylic acids is 2. The lowest BCUT2D eigenvalue weighted by Crippen LogP contribution is -2.50. The molecule has 0 aromatic heterocycles. The molecule has 0 aromatic carbocycles. The molecule has 0 saturated carbocycles. The summed E-state index contributed by atoms with van der Waals surface area (Å²) in [5.41, 5.74) is 0. The van der Waals surface area contributed by atoms with Gasteiger partial charge in [-0.3, -0.25) is 9.59 Å². The van der Waals surface area contributed by atoms with Gasteiger partial charge in [-0.1, -0.05) is 127 Å². The Morgan fingerprint density at radius 2 is 1.08 bits per heavy atom. The molecule has 2 atom stereocenters. The van der Waals surface area contributed by atoms with Gasteiger partial charge < -0.3 is 23.8 Å². The highest BCUT2D eigenvalue weighted by Crippen LogP contribution is 2.13. The third kappa shape index (κ3) is 33.4.